The van der Waals surface area contributed by atoms with Gasteiger partial charge in [-0.05, 0) is 54.7 Å². The van der Waals surface area contributed by atoms with Crippen LogP contribution in [0.4, 0.5) is 11.4 Å². The van der Waals surface area contributed by atoms with Crippen molar-refractivity contribution >= 4 is 23.2 Å². The van der Waals surface area contributed by atoms with Crippen molar-refractivity contribution < 1.29 is 4.79 Å². The summed E-state index contributed by atoms with van der Waals surface area (Å²) < 4.78 is 0. The van der Waals surface area contributed by atoms with Crippen LogP contribution in [0.1, 0.15) is 37.3 Å². The van der Waals surface area contributed by atoms with Gasteiger partial charge in [-0.15, -0.1) is 0 Å². The zero-order valence-electron chi connectivity index (χ0n) is 15.2. The second kappa shape index (κ2) is 8.52. The summed E-state index contributed by atoms with van der Waals surface area (Å²) in [7, 11) is 0. The molecule has 4 N–H and O–H groups in total. The Kier molecular flexibility index (Phi) is 5.89. The Morgan fingerprint density at radius 3 is 2.38 bits per heavy atom. The molecule has 0 heterocycles. The monoisotopic (exact) mass is 350 g/mol. The van der Waals surface area contributed by atoms with Gasteiger partial charge in [0.25, 0.3) is 0 Å². The number of aryl methyl sites for hydroxylation is 1. The van der Waals surface area contributed by atoms with Crippen LogP contribution in [0.3, 0.4) is 0 Å². The molecule has 0 unspecified atom stereocenters. The molecule has 2 aromatic carbocycles. The minimum atomic E-state index is 0.119. The lowest BCUT2D eigenvalue weighted by molar-refractivity contribution is -0.122. The Bertz CT molecular complexity index is 796. The second-order valence-electron chi connectivity index (χ2n) is 6.70. The lowest BCUT2D eigenvalue weighted by Crippen LogP contribution is -2.28. The van der Waals surface area contributed by atoms with E-state index in [1.54, 1.807) is 0 Å². The molecule has 0 saturated heterocycles. The number of carbonyl (C=O) groups excluding carboxylic acids is 1. The molecule has 0 radical (unpaired) electrons. The number of nitrogens with one attached hydrogen (secondary N) is 2. The summed E-state index contributed by atoms with van der Waals surface area (Å²) in [5.74, 6) is 0.673. The van der Waals surface area contributed by atoms with Crippen molar-refractivity contribution in [1.29, 1.82) is 0 Å². The minimum Gasteiger partial charge on any atom is -0.370 e. The topological polar surface area (TPSA) is 79.5 Å². The number of nitrogens with zero attached hydrogens (tertiary/aromatic N) is 1. The number of anilines is 2. The van der Waals surface area contributed by atoms with Gasteiger partial charge in [0.2, 0.25) is 5.91 Å². The van der Waals surface area contributed by atoms with Crippen LogP contribution in [0.15, 0.2) is 53.5 Å². The van der Waals surface area contributed by atoms with Gasteiger partial charge in [0.1, 0.15) is 0 Å². The van der Waals surface area contributed by atoms with Crippen LogP contribution in [0.2, 0.25) is 0 Å². The van der Waals surface area contributed by atoms with E-state index in [9.17, 15) is 4.79 Å². The summed E-state index contributed by atoms with van der Waals surface area (Å²) in [6.45, 7) is 2.58. The molecule has 5 heteroatoms. The lowest BCUT2D eigenvalue weighted by Gasteiger charge is -2.24. The molecule has 0 aliphatic heterocycles. The fourth-order valence-corrected chi connectivity index (χ4v) is 2.90. The summed E-state index contributed by atoms with van der Waals surface area (Å²) in [6, 6.07) is 15.9. The highest BCUT2D eigenvalue weighted by Crippen LogP contribution is 2.27. The van der Waals surface area contributed by atoms with E-state index >= 15 is 0 Å². The lowest BCUT2D eigenvalue weighted by atomic mass is 9.85. The van der Waals surface area contributed by atoms with Crippen LogP contribution in [0.5, 0.6) is 0 Å². The molecule has 1 saturated carbocycles. The molecule has 2 aromatic rings. The Morgan fingerprint density at radius 1 is 1.08 bits per heavy atom. The zero-order valence-corrected chi connectivity index (χ0v) is 15.2. The van der Waals surface area contributed by atoms with Crippen LogP contribution in [-0.2, 0) is 17.8 Å². The minimum absolute atomic E-state index is 0.119. The Morgan fingerprint density at radius 2 is 1.73 bits per heavy atom. The first-order valence-corrected chi connectivity index (χ1v) is 9.19. The number of guanidine groups is 1. The third kappa shape index (κ3) is 4.85. The van der Waals surface area contributed by atoms with Gasteiger partial charge in [0.05, 0.1) is 6.54 Å². The van der Waals surface area contributed by atoms with Gasteiger partial charge < -0.3 is 16.4 Å². The predicted octanol–water partition coefficient (Wildman–Crippen LogP) is 3.91. The van der Waals surface area contributed by atoms with Crippen molar-refractivity contribution in [3.05, 3.63) is 59.7 Å². The van der Waals surface area contributed by atoms with Crippen molar-refractivity contribution in [3.8, 4) is 0 Å². The first-order valence-electron chi connectivity index (χ1n) is 9.19. The maximum Gasteiger partial charge on any atom is 0.227 e. The van der Waals surface area contributed by atoms with E-state index in [0.29, 0.717) is 12.5 Å². The van der Waals surface area contributed by atoms with Gasteiger partial charge in [0.15, 0.2) is 5.96 Å². The SMILES string of the molecule is CCc1cccc(NC(N)=NCc2cccc(NC(=O)C3CCC3)c2)c1. The summed E-state index contributed by atoms with van der Waals surface area (Å²) in [5.41, 5.74) is 10.0. The number of hydrogen-bond acceptors (Lipinski definition) is 2. The number of nitrogens with two attached hydrogens (primary N) is 1. The highest BCUT2D eigenvalue weighted by molar-refractivity contribution is 5.93. The number of hydrogen-bond donors (Lipinski definition) is 3. The molecule has 1 fully saturated rings. The third-order valence-corrected chi connectivity index (χ3v) is 4.71. The molecule has 0 aromatic heterocycles. The van der Waals surface area contributed by atoms with Gasteiger partial charge >= 0.3 is 0 Å². The zero-order chi connectivity index (χ0) is 18.4. The summed E-state index contributed by atoms with van der Waals surface area (Å²) >= 11 is 0. The summed E-state index contributed by atoms with van der Waals surface area (Å²) in [4.78, 5) is 16.5. The van der Waals surface area contributed by atoms with Crippen LogP contribution < -0.4 is 16.4 Å². The van der Waals surface area contributed by atoms with Crippen molar-refractivity contribution in [1.82, 2.24) is 0 Å². The van der Waals surface area contributed by atoms with Crippen LogP contribution >= 0.6 is 0 Å². The van der Waals surface area contributed by atoms with Crippen LogP contribution in [0, 0.1) is 5.92 Å². The third-order valence-electron chi connectivity index (χ3n) is 4.71. The fraction of sp³-hybridized carbons (Fsp3) is 0.333. The molecule has 1 amide bonds. The quantitative estimate of drug-likeness (QED) is 0.546. The largest absolute Gasteiger partial charge is 0.370 e. The van der Waals surface area contributed by atoms with Crippen molar-refractivity contribution in [3.63, 3.8) is 0 Å². The number of carbonyl (C=O) groups is 1. The van der Waals surface area contributed by atoms with Gasteiger partial charge in [0, 0.05) is 17.3 Å². The van der Waals surface area contributed by atoms with Gasteiger partial charge in [-0.25, -0.2) is 4.99 Å². The van der Waals surface area contributed by atoms with Crippen LogP contribution in [0.25, 0.3) is 0 Å². The molecule has 26 heavy (non-hydrogen) atoms. The van der Waals surface area contributed by atoms with Gasteiger partial charge in [-0.2, -0.15) is 0 Å². The normalized spacial score (nSPS) is 14.6. The van der Waals surface area contributed by atoms with E-state index in [1.165, 1.54) is 5.56 Å². The number of benzene rings is 2. The van der Waals surface area contributed by atoms with E-state index in [-0.39, 0.29) is 11.8 Å². The molecule has 0 bridgehead atoms. The van der Waals surface area contributed by atoms with E-state index in [2.05, 4.69) is 34.7 Å². The maximum absolute atomic E-state index is 12.1. The van der Waals surface area contributed by atoms with Crippen molar-refractivity contribution in [2.45, 2.75) is 39.2 Å². The molecular formula is C21H26N4O. The smallest absolute Gasteiger partial charge is 0.227 e. The number of rotatable bonds is 6. The summed E-state index contributed by atoms with van der Waals surface area (Å²) in [5, 5.41) is 6.11. The standard InChI is InChI=1S/C21H26N4O/c1-2-15-6-3-11-19(12-15)25-21(22)23-14-16-7-4-10-18(13-16)24-20(26)17-8-5-9-17/h3-4,6-7,10-13,17H,2,5,8-9,14H2,1H3,(H,24,26)(H3,22,23,25). The molecule has 136 valence electrons. The Labute approximate surface area is 154 Å². The highest BCUT2D eigenvalue weighted by Gasteiger charge is 2.25. The molecule has 0 atom stereocenters. The second-order valence-corrected chi connectivity index (χ2v) is 6.70. The van der Waals surface area contributed by atoms with Gasteiger partial charge in [-0.1, -0.05) is 37.6 Å². The maximum atomic E-state index is 12.1. The molecule has 0 spiro atoms. The van der Waals surface area contributed by atoms with E-state index < -0.39 is 0 Å². The molecule has 1 aliphatic rings. The predicted molar refractivity (Wildman–Crippen MR) is 107 cm³/mol. The molecule has 1 aliphatic carbocycles. The number of aliphatic imine (C=N–C) groups is 1. The van der Waals surface area contributed by atoms with E-state index in [4.69, 9.17) is 5.73 Å². The molecule has 5 nitrogen and oxygen atoms in total. The molecular weight excluding hydrogens is 324 g/mol. The van der Waals surface area contributed by atoms with E-state index in [1.807, 2.05) is 36.4 Å². The number of amides is 1. The van der Waals surface area contributed by atoms with Crippen LogP contribution in [-0.4, -0.2) is 11.9 Å². The highest BCUT2D eigenvalue weighted by atomic mass is 16.1. The van der Waals surface area contributed by atoms with Crippen molar-refractivity contribution in [2.75, 3.05) is 10.6 Å². The summed E-state index contributed by atoms with van der Waals surface area (Å²) in [6.07, 6.45) is 4.13. The first kappa shape index (κ1) is 18.0. The first-order chi connectivity index (χ1) is 12.6. The van der Waals surface area contributed by atoms with E-state index in [0.717, 1.165) is 42.6 Å². The molecule has 3 rings (SSSR count). The average Bonchev–Trinajstić information content (AvgIpc) is 2.59. The van der Waals surface area contributed by atoms with Gasteiger partial charge in [-0.3, -0.25) is 4.79 Å². The Balaban J connectivity index is 1.58. The fourth-order valence-electron chi connectivity index (χ4n) is 2.90. The van der Waals surface area contributed by atoms with Crippen molar-refractivity contribution in [2.24, 2.45) is 16.6 Å². The average molecular weight is 350 g/mol. The Hall–Kier alpha value is -2.82.